The van der Waals surface area contributed by atoms with Gasteiger partial charge >= 0.3 is 0 Å². The van der Waals surface area contributed by atoms with Crippen molar-refractivity contribution in [3.8, 4) is 0 Å². The number of amides is 1. The first kappa shape index (κ1) is 15.6. The van der Waals surface area contributed by atoms with Crippen LogP contribution in [0.5, 0.6) is 0 Å². The van der Waals surface area contributed by atoms with E-state index in [4.69, 9.17) is 0 Å². The quantitative estimate of drug-likeness (QED) is 0.688. The molecule has 0 saturated carbocycles. The van der Waals surface area contributed by atoms with E-state index in [0.29, 0.717) is 12.2 Å². The maximum Gasteiger partial charge on any atom is 0.225 e. The second kappa shape index (κ2) is 6.87. The lowest BCUT2D eigenvalue weighted by atomic mass is 10.1. The minimum Gasteiger partial charge on any atom is -0.333 e. The molecule has 0 fully saturated rings. The van der Waals surface area contributed by atoms with Crippen molar-refractivity contribution in [1.82, 2.24) is 9.97 Å². The van der Waals surface area contributed by atoms with E-state index in [9.17, 15) is 4.79 Å². The van der Waals surface area contributed by atoms with Crippen LogP contribution >= 0.6 is 11.8 Å². The number of imidazole rings is 1. The highest BCUT2D eigenvalue weighted by molar-refractivity contribution is 7.99. The number of para-hydroxylation sites is 2. The lowest BCUT2D eigenvalue weighted by Crippen LogP contribution is -2.13. The van der Waals surface area contributed by atoms with Crippen LogP contribution < -0.4 is 5.32 Å². The smallest absolute Gasteiger partial charge is 0.225 e. The van der Waals surface area contributed by atoms with Crippen LogP contribution in [-0.2, 0) is 4.79 Å². The first-order valence-electron chi connectivity index (χ1n) is 7.56. The normalized spacial score (nSPS) is 10.9. The van der Waals surface area contributed by atoms with Gasteiger partial charge in [0.2, 0.25) is 5.91 Å². The standard InChI is InChI=1S/C18H19N3OS/c1-12-7-8-14(13(2)11-12)19-17(22)9-10-23-18-20-15-5-3-4-6-16(15)21-18/h3-8,11H,9-10H2,1-2H3,(H,19,22)(H,20,21). The number of aryl methyl sites for hydroxylation is 2. The molecule has 4 nitrogen and oxygen atoms in total. The molecule has 3 rings (SSSR count). The highest BCUT2D eigenvalue weighted by Gasteiger charge is 2.07. The molecular formula is C18H19N3OS. The Labute approximate surface area is 139 Å². The number of hydrogen-bond acceptors (Lipinski definition) is 3. The molecule has 0 unspecified atom stereocenters. The number of aromatic amines is 1. The molecule has 0 radical (unpaired) electrons. The third-order valence-electron chi connectivity index (χ3n) is 3.59. The second-order valence-corrected chi connectivity index (χ2v) is 6.61. The number of H-pyrrole nitrogens is 1. The van der Waals surface area contributed by atoms with Crippen LogP contribution in [0.25, 0.3) is 11.0 Å². The number of anilines is 1. The minimum atomic E-state index is 0.0283. The maximum absolute atomic E-state index is 12.1. The van der Waals surface area contributed by atoms with E-state index in [1.54, 1.807) is 11.8 Å². The van der Waals surface area contributed by atoms with Crippen molar-refractivity contribution in [2.24, 2.45) is 0 Å². The molecule has 0 aliphatic carbocycles. The molecule has 118 valence electrons. The van der Waals surface area contributed by atoms with Gasteiger partial charge in [-0.15, -0.1) is 0 Å². The Bertz CT molecular complexity index is 808. The summed E-state index contributed by atoms with van der Waals surface area (Å²) in [4.78, 5) is 19.8. The van der Waals surface area contributed by atoms with Crippen molar-refractivity contribution >= 4 is 34.4 Å². The zero-order valence-corrected chi connectivity index (χ0v) is 14.0. The zero-order chi connectivity index (χ0) is 16.2. The van der Waals surface area contributed by atoms with Gasteiger partial charge in [0.05, 0.1) is 11.0 Å². The van der Waals surface area contributed by atoms with Crippen molar-refractivity contribution < 1.29 is 4.79 Å². The van der Waals surface area contributed by atoms with Gasteiger partial charge in [0.25, 0.3) is 0 Å². The number of rotatable bonds is 5. The van der Waals surface area contributed by atoms with Crippen LogP contribution in [0.1, 0.15) is 17.5 Å². The average Bonchev–Trinajstić information content (AvgIpc) is 2.93. The number of fused-ring (bicyclic) bond motifs is 1. The van der Waals surface area contributed by atoms with Gasteiger partial charge in [-0.1, -0.05) is 41.6 Å². The van der Waals surface area contributed by atoms with Gasteiger partial charge in [0.15, 0.2) is 5.16 Å². The fourth-order valence-electron chi connectivity index (χ4n) is 2.40. The summed E-state index contributed by atoms with van der Waals surface area (Å²) in [6.07, 6.45) is 0.453. The Morgan fingerprint density at radius 3 is 2.83 bits per heavy atom. The summed E-state index contributed by atoms with van der Waals surface area (Å²) in [6, 6.07) is 13.9. The summed E-state index contributed by atoms with van der Waals surface area (Å²) in [7, 11) is 0. The number of aromatic nitrogens is 2. The summed E-state index contributed by atoms with van der Waals surface area (Å²) in [5.41, 5.74) is 5.14. The molecule has 0 atom stereocenters. The van der Waals surface area contributed by atoms with E-state index < -0.39 is 0 Å². The van der Waals surface area contributed by atoms with Gasteiger partial charge in [0.1, 0.15) is 0 Å². The highest BCUT2D eigenvalue weighted by Crippen LogP contribution is 2.20. The predicted molar refractivity (Wildman–Crippen MR) is 96.0 cm³/mol. The number of hydrogen-bond donors (Lipinski definition) is 2. The van der Waals surface area contributed by atoms with Crippen LogP contribution in [0.4, 0.5) is 5.69 Å². The van der Waals surface area contributed by atoms with Crippen molar-refractivity contribution in [1.29, 1.82) is 0 Å². The number of benzene rings is 2. The molecule has 5 heteroatoms. The Hall–Kier alpha value is -2.27. The maximum atomic E-state index is 12.1. The van der Waals surface area contributed by atoms with Crippen LogP contribution in [0.3, 0.4) is 0 Å². The monoisotopic (exact) mass is 325 g/mol. The van der Waals surface area contributed by atoms with Crippen molar-refractivity contribution in [2.75, 3.05) is 11.1 Å². The fraction of sp³-hybridized carbons (Fsp3) is 0.222. The van der Waals surface area contributed by atoms with Crippen molar-refractivity contribution in [3.63, 3.8) is 0 Å². The van der Waals surface area contributed by atoms with Crippen molar-refractivity contribution in [3.05, 3.63) is 53.6 Å². The first-order valence-corrected chi connectivity index (χ1v) is 8.55. The van der Waals surface area contributed by atoms with E-state index in [-0.39, 0.29) is 5.91 Å². The second-order valence-electron chi connectivity index (χ2n) is 5.52. The zero-order valence-electron chi connectivity index (χ0n) is 13.2. The Morgan fingerprint density at radius 2 is 2.04 bits per heavy atom. The molecule has 1 heterocycles. The Balaban J connectivity index is 1.52. The average molecular weight is 325 g/mol. The predicted octanol–water partition coefficient (Wildman–Crippen LogP) is 4.30. The molecule has 0 saturated heterocycles. The molecular weight excluding hydrogens is 306 g/mol. The molecule has 0 bridgehead atoms. The van der Waals surface area contributed by atoms with E-state index in [1.807, 2.05) is 50.2 Å². The van der Waals surface area contributed by atoms with Crippen LogP contribution in [0, 0.1) is 13.8 Å². The summed E-state index contributed by atoms with van der Waals surface area (Å²) in [6.45, 7) is 4.05. The van der Waals surface area contributed by atoms with Gasteiger partial charge in [-0.05, 0) is 37.6 Å². The summed E-state index contributed by atoms with van der Waals surface area (Å²) < 4.78 is 0. The number of carbonyl (C=O) groups excluding carboxylic acids is 1. The lowest BCUT2D eigenvalue weighted by Gasteiger charge is -2.08. The van der Waals surface area contributed by atoms with E-state index >= 15 is 0 Å². The fourth-order valence-corrected chi connectivity index (χ4v) is 3.23. The molecule has 1 aromatic heterocycles. The third kappa shape index (κ3) is 3.93. The Kier molecular flexibility index (Phi) is 4.67. The van der Waals surface area contributed by atoms with E-state index in [1.165, 1.54) is 5.56 Å². The molecule has 2 N–H and O–H groups in total. The molecule has 0 aliphatic rings. The molecule has 23 heavy (non-hydrogen) atoms. The molecule has 1 amide bonds. The largest absolute Gasteiger partial charge is 0.333 e. The van der Waals surface area contributed by atoms with E-state index in [0.717, 1.165) is 27.4 Å². The van der Waals surface area contributed by atoms with Crippen LogP contribution in [0.2, 0.25) is 0 Å². The van der Waals surface area contributed by atoms with Gasteiger partial charge in [-0.25, -0.2) is 4.98 Å². The summed E-state index contributed by atoms with van der Waals surface area (Å²) in [5.74, 6) is 0.719. The van der Waals surface area contributed by atoms with Crippen LogP contribution in [0.15, 0.2) is 47.6 Å². The third-order valence-corrected chi connectivity index (χ3v) is 4.47. The lowest BCUT2D eigenvalue weighted by molar-refractivity contribution is -0.115. The van der Waals surface area contributed by atoms with Crippen molar-refractivity contribution in [2.45, 2.75) is 25.4 Å². The summed E-state index contributed by atoms with van der Waals surface area (Å²) >= 11 is 1.56. The molecule has 0 spiro atoms. The molecule has 3 aromatic rings. The number of carbonyl (C=O) groups is 1. The van der Waals surface area contributed by atoms with Gasteiger partial charge in [-0.2, -0.15) is 0 Å². The van der Waals surface area contributed by atoms with E-state index in [2.05, 4.69) is 21.4 Å². The Morgan fingerprint density at radius 1 is 1.22 bits per heavy atom. The summed E-state index contributed by atoms with van der Waals surface area (Å²) in [5, 5.41) is 3.82. The number of nitrogens with one attached hydrogen (secondary N) is 2. The van der Waals surface area contributed by atoms with Gasteiger partial charge < -0.3 is 10.3 Å². The SMILES string of the molecule is Cc1ccc(NC(=O)CCSc2nc3ccccc3[nH]2)c(C)c1. The first-order chi connectivity index (χ1) is 11.1. The topological polar surface area (TPSA) is 57.8 Å². The van der Waals surface area contributed by atoms with Gasteiger partial charge in [-0.3, -0.25) is 4.79 Å². The van der Waals surface area contributed by atoms with Gasteiger partial charge in [0, 0.05) is 17.9 Å². The highest BCUT2D eigenvalue weighted by atomic mass is 32.2. The molecule has 2 aromatic carbocycles. The number of nitrogens with zero attached hydrogens (tertiary/aromatic N) is 1. The molecule has 0 aliphatic heterocycles. The number of thioether (sulfide) groups is 1. The minimum absolute atomic E-state index is 0.0283. The van der Waals surface area contributed by atoms with Crippen LogP contribution in [-0.4, -0.2) is 21.6 Å².